The van der Waals surface area contributed by atoms with Crippen LogP contribution in [0.3, 0.4) is 0 Å². The summed E-state index contributed by atoms with van der Waals surface area (Å²) >= 11 is 0. The summed E-state index contributed by atoms with van der Waals surface area (Å²) < 4.78 is 30.2. The van der Waals surface area contributed by atoms with Crippen molar-refractivity contribution >= 4 is 22.7 Å². The third kappa shape index (κ3) is 28.0. The van der Waals surface area contributed by atoms with Gasteiger partial charge in [0.25, 0.3) is 0 Å². The Morgan fingerprint density at radius 2 is 2.00 bits per heavy atom. The first-order valence-corrected chi connectivity index (χ1v) is 3.58. The Balaban J connectivity index is 0. The van der Waals surface area contributed by atoms with E-state index in [1.165, 1.54) is 0 Å². The van der Waals surface area contributed by atoms with E-state index in [0.717, 1.165) is 13.3 Å². The van der Waals surface area contributed by atoms with Gasteiger partial charge in [-0.1, -0.05) is 0 Å². The number of nitrogens with two attached hydrogens (primary N) is 1. The van der Waals surface area contributed by atoms with Gasteiger partial charge in [-0.15, -0.1) is 0 Å². The minimum Gasteiger partial charge on any atom is -0.390 e. The van der Waals surface area contributed by atoms with Gasteiger partial charge in [-0.3, -0.25) is 14.8 Å². The fourth-order valence-electron chi connectivity index (χ4n) is 0.148. The van der Waals surface area contributed by atoms with E-state index in [4.69, 9.17) is 9.96 Å². The highest BCUT2D eigenvalue weighted by Crippen LogP contribution is 1.84. The van der Waals surface area contributed by atoms with Gasteiger partial charge in [0.15, 0.2) is 0 Å². The molecule has 0 heterocycles. The van der Waals surface area contributed by atoms with Crippen molar-refractivity contribution in [3.8, 4) is 0 Å². The normalized spacial score (nSPS) is 8.91. The lowest BCUT2D eigenvalue weighted by Gasteiger charge is -1.90. The quantitative estimate of drug-likeness (QED) is 0.269. The molecule has 0 unspecified atom stereocenters. The highest BCUT2D eigenvalue weighted by atomic mass is 32.3. The predicted octanol–water partition coefficient (Wildman–Crippen LogP) is -1.10. The standard InChI is InChI=1S/C2H4O5S.CH4N2/c1-2(3)7-8(4,5)6;2-1-3/h1H3,(H,4,5,6);1H,(H3,2,3). The fourth-order valence-corrected chi connectivity index (χ4v) is 0.445. The molecule has 7 nitrogen and oxygen atoms in total. The van der Waals surface area contributed by atoms with Crippen molar-refractivity contribution in [2.75, 3.05) is 0 Å². The first-order valence-electron chi connectivity index (χ1n) is 2.21. The van der Waals surface area contributed by atoms with Crippen molar-refractivity contribution in [1.82, 2.24) is 0 Å². The van der Waals surface area contributed by atoms with Crippen LogP contribution in [-0.4, -0.2) is 25.3 Å². The molecule has 0 aromatic heterocycles. The smallest absolute Gasteiger partial charge is 0.390 e. The molecule has 0 aromatic rings. The topological polar surface area (TPSA) is 131 Å². The monoisotopic (exact) mass is 184 g/mol. The Morgan fingerprint density at radius 3 is 2.00 bits per heavy atom. The van der Waals surface area contributed by atoms with Crippen LogP contribution in [0.5, 0.6) is 0 Å². The zero-order chi connectivity index (χ0) is 9.49. The average Bonchev–Trinajstić information content (AvgIpc) is 1.57. The number of nitrogens with one attached hydrogen (secondary N) is 1. The molecule has 0 atom stereocenters. The zero-order valence-electron chi connectivity index (χ0n) is 5.64. The lowest BCUT2D eigenvalue weighted by Crippen LogP contribution is -2.07. The second-order valence-electron chi connectivity index (χ2n) is 1.17. The van der Waals surface area contributed by atoms with Gasteiger partial charge in [-0.2, -0.15) is 8.42 Å². The van der Waals surface area contributed by atoms with Gasteiger partial charge in [0.1, 0.15) is 0 Å². The Labute approximate surface area is 63.6 Å². The second-order valence-corrected chi connectivity index (χ2v) is 2.19. The van der Waals surface area contributed by atoms with Crippen molar-refractivity contribution in [3.05, 3.63) is 0 Å². The summed E-state index contributed by atoms with van der Waals surface area (Å²) in [5.74, 6) is -1.06. The summed E-state index contributed by atoms with van der Waals surface area (Å²) in [6.07, 6.45) is 0.750. The van der Waals surface area contributed by atoms with E-state index < -0.39 is 16.4 Å². The SMILES string of the molecule is CC(=O)OS(=O)(=O)O.N=CN. The number of carbonyl (C=O) groups is 1. The molecule has 0 amide bonds. The van der Waals surface area contributed by atoms with Crippen LogP contribution >= 0.6 is 0 Å². The van der Waals surface area contributed by atoms with Gasteiger partial charge < -0.3 is 9.92 Å². The van der Waals surface area contributed by atoms with Crippen LogP contribution in [0.25, 0.3) is 0 Å². The molecule has 0 spiro atoms. The Bertz CT molecular complexity index is 220. The maximum Gasteiger partial charge on any atom is 0.448 e. The third-order valence-corrected chi connectivity index (χ3v) is 0.668. The number of rotatable bonds is 1. The maximum atomic E-state index is 9.70. The van der Waals surface area contributed by atoms with Gasteiger partial charge in [-0.25, -0.2) is 0 Å². The van der Waals surface area contributed by atoms with Gasteiger partial charge in [0, 0.05) is 6.92 Å². The molecule has 0 saturated carbocycles. The predicted molar refractivity (Wildman–Crippen MR) is 36.3 cm³/mol. The Hall–Kier alpha value is -1.15. The molecule has 4 N–H and O–H groups in total. The summed E-state index contributed by atoms with van der Waals surface area (Å²) in [4.78, 5) is 9.70. The summed E-state index contributed by atoms with van der Waals surface area (Å²) in [5, 5.41) is 5.86. The largest absolute Gasteiger partial charge is 0.448 e. The van der Waals surface area contributed by atoms with E-state index in [0.29, 0.717) is 0 Å². The lowest BCUT2D eigenvalue weighted by atomic mass is 10.9. The van der Waals surface area contributed by atoms with E-state index in [-0.39, 0.29) is 0 Å². The summed E-state index contributed by atoms with van der Waals surface area (Å²) in [7, 11) is -4.57. The molecular weight excluding hydrogens is 176 g/mol. The molecule has 11 heavy (non-hydrogen) atoms. The molecule has 0 fully saturated rings. The summed E-state index contributed by atoms with van der Waals surface area (Å²) in [5.41, 5.74) is 4.39. The van der Waals surface area contributed by atoms with Crippen LogP contribution in [0.15, 0.2) is 0 Å². The first-order chi connectivity index (χ1) is 4.83. The van der Waals surface area contributed by atoms with Crippen molar-refractivity contribution < 1.29 is 21.9 Å². The van der Waals surface area contributed by atoms with E-state index in [2.05, 4.69) is 9.92 Å². The van der Waals surface area contributed by atoms with Crippen LogP contribution < -0.4 is 5.73 Å². The Morgan fingerprint density at radius 1 is 1.73 bits per heavy atom. The number of carbonyl (C=O) groups excluding carboxylic acids is 1. The van der Waals surface area contributed by atoms with Crippen LogP contribution in [-0.2, 0) is 19.4 Å². The van der Waals surface area contributed by atoms with Crippen LogP contribution in [0, 0.1) is 5.41 Å². The van der Waals surface area contributed by atoms with Gasteiger partial charge in [0.05, 0.1) is 6.34 Å². The molecule has 0 aliphatic rings. The van der Waals surface area contributed by atoms with Gasteiger partial charge >= 0.3 is 16.4 Å². The molecule has 0 radical (unpaired) electrons. The first kappa shape index (κ1) is 12.5. The molecular formula is C3H8N2O5S. The zero-order valence-corrected chi connectivity index (χ0v) is 6.46. The van der Waals surface area contributed by atoms with Crippen LogP contribution in [0.2, 0.25) is 0 Å². The number of hydrogen-bond acceptors (Lipinski definition) is 5. The molecule has 0 aliphatic heterocycles. The van der Waals surface area contributed by atoms with Crippen molar-refractivity contribution in [2.24, 2.45) is 5.73 Å². The minimum atomic E-state index is -4.57. The molecule has 0 aliphatic carbocycles. The fraction of sp³-hybridized carbons (Fsp3) is 0.333. The molecule has 66 valence electrons. The van der Waals surface area contributed by atoms with Gasteiger partial charge in [0.2, 0.25) is 0 Å². The molecule has 0 bridgehead atoms. The summed E-state index contributed by atoms with van der Waals surface area (Å²) in [6.45, 7) is 0.869. The van der Waals surface area contributed by atoms with E-state index in [9.17, 15) is 13.2 Å². The number of hydrogen-bond donors (Lipinski definition) is 3. The highest BCUT2D eigenvalue weighted by Gasteiger charge is 2.06. The average molecular weight is 184 g/mol. The third-order valence-electron chi connectivity index (χ3n) is 0.223. The minimum absolute atomic E-state index is 0.750. The molecule has 0 rings (SSSR count). The van der Waals surface area contributed by atoms with Gasteiger partial charge in [-0.05, 0) is 0 Å². The van der Waals surface area contributed by atoms with Crippen molar-refractivity contribution in [1.29, 1.82) is 5.41 Å². The lowest BCUT2D eigenvalue weighted by molar-refractivity contribution is -0.131. The van der Waals surface area contributed by atoms with Crippen molar-refractivity contribution in [3.63, 3.8) is 0 Å². The highest BCUT2D eigenvalue weighted by molar-refractivity contribution is 7.81. The molecule has 0 saturated heterocycles. The van der Waals surface area contributed by atoms with Crippen LogP contribution in [0.1, 0.15) is 6.92 Å². The second kappa shape index (κ2) is 5.62. The van der Waals surface area contributed by atoms with E-state index in [1.807, 2.05) is 0 Å². The molecule has 0 aromatic carbocycles. The van der Waals surface area contributed by atoms with Crippen LogP contribution in [0.4, 0.5) is 0 Å². The van der Waals surface area contributed by atoms with E-state index >= 15 is 0 Å². The summed E-state index contributed by atoms with van der Waals surface area (Å²) in [6, 6.07) is 0. The van der Waals surface area contributed by atoms with E-state index in [1.54, 1.807) is 0 Å². The maximum absolute atomic E-state index is 9.70. The Kier molecular flexibility index (Phi) is 6.40. The molecule has 8 heteroatoms. The van der Waals surface area contributed by atoms with Crippen molar-refractivity contribution in [2.45, 2.75) is 6.92 Å².